The van der Waals surface area contributed by atoms with E-state index in [0.717, 1.165) is 12.8 Å². The first kappa shape index (κ1) is 31.6. The molecule has 0 aliphatic rings. The molecule has 0 N–H and O–H groups in total. The number of alkyl halides is 6. The van der Waals surface area contributed by atoms with Gasteiger partial charge in [0.05, 0.1) is 5.41 Å². The van der Waals surface area contributed by atoms with Gasteiger partial charge in [-0.25, -0.2) is 4.79 Å². The molecule has 0 aliphatic heterocycles. The van der Waals surface area contributed by atoms with Gasteiger partial charge < -0.3 is 14.2 Å². The maximum absolute atomic E-state index is 13.3. The second-order valence-corrected chi connectivity index (χ2v) is 10.4. The average Bonchev–Trinajstić information content (AvgIpc) is 2.74. The Morgan fingerprint density at radius 1 is 0.806 bits per heavy atom. The second kappa shape index (κ2) is 11.3. The SMILES string of the molecule is CCC(C)(C)CC(C)(C(=O)Oc1ccc(OCC(=O)OC(C(F)(F)F)C(F)(F)F)cc1)C(C)(C)CC. The lowest BCUT2D eigenvalue weighted by molar-refractivity contribution is -0.313. The topological polar surface area (TPSA) is 61.8 Å². The monoisotopic (exact) mass is 528 g/mol. The largest absolute Gasteiger partial charge is 0.482 e. The summed E-state index contributed by atoms with van der Waals surface area (Å²) in [5.74, 6) is -2.16. The van der Waals surface area contributed by atoms with E-state index in [1.807, 2.05) is 34.6 Å². The quantitative estimate of drug-likeness (QED) is 0.172. The summed E-state index contributed by atoms with van der Waals surface area (Å²) in [5, 5.41) is 0. The fraction of sp³-hybridized carbons (Fsp3) is 0.680. The Labute approximate surface area is 207 Å². The van der Waals surface area contributed by atoms with Gasteiger partial charge in [-0.3, -0.25) is 4.79 Å². The van der Waals surface area contributed by atoms with E-state index >= 15 is 0 Å². The Hall–Kier alpha value is -2.46. The summed E-state index contributed by atoms with van der Waals surface area (Å²) in [6.07, 6.45) is -13.7. The number of carbonyl (C=O) groups excluding carboxylic acids is 2. The van der Waals surface area contributed by atoms with E-state index in [2.05, 4.69) is 18.6 Å². The highest BCUT2D eigenvalue weighted by molar-refractivity contribution is 5.80. The van der Waals surface area contributed by atoms with Crippen LogP contribution >= 0.6 is 0 Å². The van der Waals surface area contributed by atoms with E-state index in [0.29, 0.717) is 6.42 Å². The van der Waals surface area contributed by atoms with Crippen molar-refractivity contribution in [2.45, 2.75) is 86.2 Å². The Balaban J connectivity index is 2.90. The standard InChI is InChI=1S/C25H34F6O5/c1-8-21(3,4)15-23(7,22(5,6)9-2)20(33)35-17-12-10-16(11-13-17)34-14-18(32)36-19(24(26,27)28)25(29,30)31/h10-13,19H,8-9,14-15H2,1-7H3. The molecule has 0 heterocycles. The first-order chi connectivity index (χ1) is 16.2. The minimum Gasteiger partial charge on any atom is -0.482 e. The normalized spacial score (nSPS) is 14.8. The van der Waals surface area contributed by atoms with Crippen molar-refractivity contribution < 1.29 is 50.1 Å². The zero-order valence-corrected chi connectivity index (χ0v) is 21.5. The third-order valence-corrected chi connectivity index (χ3v) is 6.85. The van der Waals surface area contributed by atoms with Crippen LogP contribution in [-0.4, -0.2) is 37.0 Å². The Kier molecular flexibility index (Phi) is 9.90. The van der Waals surface area contributed by atoms with Gasteiger partial charge in [-0.1, -0.05) is 48.0 Å². The van der Waals surface area contributed by atoms with Gasteiger partial charge in [-0.05, 0) is 54.9 Å². The molecule has 0 aliphatic carbocycles. The molecule has 1 aromatic carbocycles. The van der Waals surface area contributed by atoms with Crippen molar-refractivity contribution in [1.29, 1.82) is 0 Å². The number of ether oxygens (including phenoxy) is 3. The van der Waals surface area contributed by atoms with Crippen molar-refractivity contribution in [1.82, 2.24) is 0 Å². The van der Waals surface area contributed by atoms with Crippen LogP contribution < -0.4 is 9.47 Å². The molecule has 36 heavy (non-hydrogen) atoms. The van der Waals surface area contributed by atoms with E-state index in [9.17, 15) is 35.9 Å². The molecule has 0 saturated heterocycles. The lowest BCUT2D eigenvalue weighted by Gasteiger charge is -2.45. The van der Waals surface area contributed by atoms with Crippen LogP contribution in [-0.2, 0) is 14.3 Å². The molecule has 11 heteroatoms. The van der Waals surface area contributed by atoms with Crippen LogP contribution in [0, 0.1) is 16.2 Å². The molecule has 0 bridgehead atoms. The van der Waals surface area contributed by atoms with Crippen molar-refractivity contribution in [3.05, 3.63) is 24.3 Å². The van der Waals surface area contributed by atoms with Gasteiger partial charge in [0.1, 0.15) is 11.5 Å². The van der Waals surface area contributed by atoms with Crippen molar-refractivity contribution >= 4 is 11.9 Å². The smallest absolute Gasteiger partial charge is 0.434 e. The van der Waals surface area contributed by atoms with Crippen LogP contribution in [0.1, 0.15) is 67.7 Å². The fourth-order valence-corrected chi connectivity index (χ4v) is 3.51. The zero-order chi connectivity index (χ0) is 28.2. The summed E-state index contributed by atoms with van der Waals surface area (Å²) in [7, 11) is 0. The van der Waals surface area contributed by atoms with E-state index in [-0.39, 0.29) is 22.3 Å². The molecule has 1 unspecified atom stereocenters. The highest BCUT2D eigenvalue weighted by atomic mass is 19.4. The van der Waals surface area contributed by atoms with Gasteiger partial charge >= 0.3 is 24.3 Å². The molecule has 0 amide bonds. The number of rotatable bonds is 11. The van der Waals surface area contributed by atoms with Gasteiger partial charge in [0.15, 0.2) is 6.61 Å². The third kappa shape index (κ3) is 8.30. The van der Waals surface area contributed by atoms with Crippen molar-refractivity contribution in [2.75, 3.05) is 6.61 Å². The maximum Gasteiger partial charge on any atom is 0.434 e. The third-order valence-electron chi connectivity index (χ3n) is 6.85. The fourth-order valence-electron chi connectivity index (χ4n) is 3.51. The van der Waals surface area contributed by atoms with Crippen LogP contribution in [0.25, 0.3) is 0 Å². The van der Waals surface area contributed by atoms with Crippen LogP contribution in [0.2, 0.25) is 0 Å². The Morgan fingerprint density at radius 3 is 1.69 bits per heavy atom. The summed E-state index contributed by atoms with van der Waals surface area (Å²) in [5.41, 5.74) is -1.33. The number of benzene rings is 1. The van der Waals surface area contributed by atoms with E-state index in [1.165, 1.54) is 24.3 Å². The Bertz CT molecular complexity index is 876. The molecule has 1 atom stereocenters. The summed E-state index contributed by atoms with van der Waals surface area (Å²) < 4.78 is 89.1. The molecule has 1 aromatic rings. The molecule has 1 rings (SSSR count). The molecule has 0 aromatic heterocycles. The highest BCUT2D eigenvalue weighted by Gasteiger charge is 2.60. The van der Waals surface area contributed by atoms with Gasteiger partial charge in [0.2, 0.25) is 0 Å². The average molecular weight is 529 g/mol. The Morgan fingerprint density at radius 2 is 1.28 bits per heavy atom. The number of esters is 2. The first-order valence-electron chi connectivity index (χ1n) is 11.5. The van der Waals surface area contributed by atoms with Gasteiger partial charge in [-0.2, -0.15) is 26.3 Å². The van der Waals surface area contributed by atoms with Crippen LogP contribution in [0.15, 0.2) is 24.3 Å². The summed E-state index contributed by atoms with van der Waals surface area (Å²) in [6.45, 7) is 12.9. The van der Waals surface area contributed by atoms with Gasteiger partial charge in [0, 0.05) is 0 Å². The summed E-state index contributed by atoms with van der Waals surface area (Å²) in [6, 6.07) is 5.21. The highest BCUT2D eigenvalue weighted by Crippen LogP contribution is 2.50. The molecule has 0 saturated carbocycles. The maximum atomic E-state index is 13.3. The minimum absolute atomic E-state index is 0.0499. The molecule has 5 nitrogen and oxygen atoms in total. The number of hydrogen-bond donors (Lipinski definition) is 0. The lowest BCUT2D eigenvalue weighted by atomic mass is 9.58. The van der Waals surface area contributed by atoms with Gasteiger partial charge in [-0.15, -0.1) is 0 Å². The minimum atomic E-state index is -5.81. The number of halogens is 6. The van der Waals surface area contributed by atoms with E-state index in [1.54, 1.807) is 0 Å². The van der Waals surface area contributed by atoms with Crippen LogP contribution in [0.4, 0.5) is 26.3 Å². The number of hydrogen-bond acceptors (Lipinski definition) is 5. The summed E-state index contributed by atoms with van der Waals surface area (Å²) >= 11 is 0. The number of carbonyl (C=O) groups is 2. The van der Waals surface area contributed by atoms with E-state index in [4.69, 9.17) is 9.47 Å². The zero-order valence-electron chi connectivity index (χ0n) is 21.5. The van der Waals surface area contributed by atoms with Crippen LogP contribution in [0.5, 0.6) is 11.5 Å². The predicted molar refractivity (Wildman–Crippen MR) is 120 cm³/mol. The van der Waals surface area contributed by atoms with Crippen molar-refractivity contribution in [3.8, 4) is 11.5 Å². The molecule has 0 radical (unpaired) electrons. The lowest BCUT2D eigenvalue weighted by Crippen LogP contribution is -2.47. The summed E-state index contributed by atoms with van der Waals surface area (Å²) in [4.78, 5) is 24.8. The molecule has 0 fully saturated rings. The first-order valence-corrected chi connectivity index (χ1v) is 11.5. The molecular weight excluding hydrogens is 494 g/mol. The molecule has 206 valence electrons. The van der Waals surface area contributed by atoms with E-state index < -0.39 is 42.4 Å². The molecular formula is C25H34F6O5. The van der Waals surface area contributed by atoms with Crippen LogP contribution in [0.3, 0.4) is 0 Å². The van der Waals surface area contributed by atoms with Crippen molar-refractivity contribution in [3.63, 3.8) is 0 Å². The second-order valence-electron chi connectivity index (χ2n) is 10.4. The van der Waals surface area contributed by atoms with Crippen molar-refractivity contribution in [2.24, 2.45) is 16.2 Å². The molecule has 0 spiro atoms. The predicted octanol–water partition coefficient (Wildman–Crippen LogP) is 7.28. The van der Waals surface area contributed by atoms with Gasteiger partial charge in [0.25, 0.3) is 6.10 Å².